The van der Waals surface area contributed by atoms with E-state index in [2.05, 4.69) is 26.5 Å². The van der Waals surface area contributed by atoms with Crippen molar-refractivity contribution in [1.29, 1.82) is 0 Å². The molecular formula is C16H11BrClF3N2O2. The summed E-state index contributed by atoms with van der Waals surface area (Å²) >= 11 is 9.02. The summed E-state index contributed by atoms with van der Waals surface area (Å²) in [5, 5.41) is 4.02. The number of carbonyl (C=O) groups excluding carboxylic acids is 1. The predicted octanol–water partition coefficient (Wildman–Crippen LogP) is 4.65. The van der Waals surface area contributed by atoms with E-state index in [9.17, 15) is 18.0 Å². The van der Waals surface area contributed by atoms with Crippen molar-refractivity contribution in [3.8, 4) is 5.75 Å². The largest absolute Gasteiger partial charge is 0.483 e. The van der Waals surface area contributed by atoms with Gasteiger partial charge < -0.3 is 4.74 Å². The van der Waals surface area contributed by atoms with Gasteiger partial charge in [-0.3, -0.25) is 4.79 Å². The molecule has 0 aromatic heterocycles. The van der Waals surface area contributed by atoms with E-state index in [4.69, 9.17) is 16.3 Å². The van der Waals surface area contributed by atoms with Gasteiger partial charge in [-0.15, -0.1) is 0 Å². The molecule has 0 aliphatic rings. The summed E-state index contributed by atoms with van der Waals surface area (Å²) < 4.78 is 44.3. The van der Waals surface area contributed by atoms with E-state index in [-0.39, 0.29) is 12.2 Å². The normalized spacial score (nSPS) is 11.6. The van der Waals surface area contributed by atoms with Gasteiger partial charge in [0.15, 0.2) is 6.61 Å². The first kappa shape index (κ1) is 19.3. The van der Waals surface area contributed by atoms with Crippen molar-refractivity contribution in [2.45, 2.75) is 6.18 Å². The van der Waals surface area contributed by atoms with Gasteiger partial charge in [-0.1, -0.05) is 29.8 Å². The van der Waals surface area contributed by atoms with Crippen molar-refractivity contribution in [2.75, 3.05) is 6.61 Å². The number of carbonyl (C=O) groups is 1. The zero-order chi connectivity index (χ0) is 18.4. The second-order valence-corrected chi connectivity index (χ2v) is 6.03. The fourth-order valence-electron chi connectivity index (χ4n) is 1.81. The molecule has 2 aromatic carbocycles. The number of hydrazone groups is 1. The van der Waals surface area contributed by atoms with Gasteiger partial charge in [0, 0.05) is 10.6 Å². The lowest BCUT2D eigenvalue weighted by molar-refractivity contribution is -0.137. The van der Waals surface area contributed by atoms with Crippen LogP contribution in [0.3, 0.4) is 0 Å². The Balaban J connectivity index is 1.93. The lowest BCUT2D eigenvalue weighted by atomic mass is 10.1. The van der Waals surface area contributed by atoms with Crippen LogP contribution in [0.2, 0.25) is 5.02 Å². The summed E-state index contributed by atoms with van der Waals surface area (Å²) in [6.45, 7) is -0.363. The average Bonchev–Trinajstić information content (AvgIpc) is 2.53. The molecule has 2 aromatic rings. The molecule has 0 unspecified atom stereocenters. The molecule has 1 N–H and O–H groups in total. The molecule has 0 radical (unpaired) electrons. The van der Waals surface area contributed by atoms with Crippen LogP contribution in [-0.2, 0) is 11.0 Å². The van der Waals surface area contributed by atoms with Gasteiger partial charge in [-0.25, -0.2) is 5.43 Å². The number of nitrogens with zero attached hydrogens (tertiary/aromatic N) is 1. The quantitative estimate of drug-likeness (QED) is 0.549. The monoisotopic (exact) mass is 434 g/mol. The highest BCUT2D eigenvalue weighted by atomic mass is 79.9. The number of ether oxygens (including phenoxy) is 1. The first-order valence-electron chi connectivity index (χ1n) is 6.83. The Hall–Kier alpha value is -2.06. The minimum Gasteiger partial charge on any atom is -0.483 e. The van der Waals surface area contributed by atoms with Gasteiger partial charge in [0.2, 0.25) is 0 Å². The highest BCUT2D eigenvalue weighted by molar-refractivity contribution is 9.10. The Labute approximate surface area is 154 Å². The number of hydrogen-bond donors (Lipinski definition) is 1. The summed E-state index contributed by atoms with van der Waals surface area (Å²) in [5.74, 6) is -0.228. The Morgan fingerprint density at radius 1 is 1.28 bits per heavy atom. The molecule has 2 rings (SSSR count). The van der Waals surface area contributed by atoms with E-state index in [0.717, 1.165) is 12.3 Å². The van der Waals surface area contributed by atoms with Crippen LogP contribution in [0.1, 0.15) is 11.1 Å². The van der Waals surface area contributed by atoms with Crippen LogP contribution in [0.25, 0.3) is 0 Å². The van der Waals surface area contributed by atoms with Gasteiger partial charge in [-0.2, -0.15) is 18.3 Å². The van der Waals surface area contributed by atoms with Crippen LogP contribution >= 0.6 is 27.5 Å². The summed E-state index contributed by atoms with van der Waals surface area (Å²) in [6, 6.07) is 9.66. The van der Waals surface area contributed by atoms with Crippen molar-refractivity contribution >= 4 is 39.7 Å². The van der Waals surface area contributed by atoms with Crippen LogP contribution in [0.15, 0.2) is 52.0 Å². The molecule has 0 aliphatic carbocycles. The fourth-order valence-corrected chi connectivity index (χ4v) is 2.61. The third-order valence-electron chi connectivity index (χ3n) is 2.91. The number of alkyl halides is 3. The van der Waals surface area contributed by atoms with Gasteiger partial charge in [0.25, 0.3) is 5.91 Å². The number of rotatable bonds is 5. The van der Waals surface area contributed by atoms with E-state index >= 15 is 0 Å². The van der Waals surface area contributed by atoms with E-state index in [1.54, 1.807) is 18.2 Å². The van der Waals surface area contributed by atoms with Crippen molar-refractivity contribution in [1.82, 2.24) is 5.43 Å². The molecule has 0 saturated heterocycles. The van der Waals surface area contributed by atoms with E-state index in [1.807, 2.05) is 0 Å². The second kappa shape index (κ2) is 8.35. The third-order valence-corrected chi connectivity index (χ3v) is 3.77. The number of hydrogen-bond acceptors (Lipinski definition) is 3. The highest BCUT2D eigenvalue weighted by Crippen LogP contribution is 2.31. The molecule has 132 valence electrons. The van der Waals surface area contributed by atoms with Crippen LogP contribution < -0.4 is 10.2 Å². The number of amides is 1. The molecule has 9 heteroatoms. The smallest absolute Gasteiger partial charge is 0.417 e. The Morgan fingerprint density at radius 2 is 2.00 bits per heavy atom. The van der Waals surface area contributed by atoms with E-state index in [0.29, 0.717) is 15.2 Å². The second-order valence-electron chi connectivity index (χ2n) is 4.74. The SMILES string of the molecule is O=C(COc1ccc(Cl)cc1Br)NN=Cc1ccccc1C(F)(F)F. The minimum atomic E-state index is -4.50. The minimum absolute atomic E-state index is 0.156. The van der Waals surface area contributed by atoms with Crippen molar-refractivity contribution < 1.29 is 22.7 Å². The summed E-state index contributed by atoms with van der Waals surface area (Å²) in [7, 11) is 0. The Bertz CT molecular complexity index is 797. The van der Waals surface area contributed by atoms with Gasteiger partial charge in [0.1, 0.15) is 5.75 Å². The van der Waals surface area contributed by atoms with E-state index < -0.39 is 17.6 Å². The molecule has 0 saturated carbocycles. The maximum absolute atomic E-state index is 12.8. The molecule has 0 fully saturated rings. The topological polar surface area (TPSA) is 50.7 Å². The molecule has 0 atom stereocenters. The molecule has 0 heterocycles. The lowest BCUT2D eigenvalue weighted by Gasteiger charge is -2.09. The lowest BCUT2D eigenvalue weighted by Crippen LogP contribution is -2.24. The van der Waals surface area contributed by atoms with Gasteiger partial charge in [0.05, 0.1) is 16.3 Å². The highest BCUT2D eigenvalue weighted by Gasteiger charge is 2.32. The van der Waals surface area contributed by atoms with E-state index in [1.165, 1.54) is 18.2 Å². The molecular weight excluding hydrogens is 425 g/mol. The zero-order valence-corrected chi connectivity index (χ0v) is 14.8. The molecule has 0 bridgehead atoms. The maximum atomic E-state index is 12.8. The first-order chi connectivity index (χ1) is 11.8. The molecule has 1 amide bonds. The summed E-state index contributed by atoms with van der Waals surface area (Å²) in [4.78, 5) is 11.7. The molecule has 4 nitrogen and oxygen atoms in total. The van der Waals surface area contributed by atoms with Gasteiger partial charge >= 0.3 is 6.18 Å². The summed E-state index contributed by atoms with van der Waals surface area (Å²) in [6.07, 6.45) is -3.57. The standard InChI is InChI=1S/C16H11BrClF3N2O2/c17-13-7-11(18)5-6-14(13)25-9-15(24)23-22-8-10-3-1-2-4-12(10)16(19,20)21/h1-8H,9H2,(H,23,24). The van der Waals surface area contributed by atoms with Crippen LogP contribution in [-0.4, -0.2) is 18.7 Å². The first-order valence-corrected chi connectivity index (χ1v) is 8.00. The Kier molecular flexibility index (Phi) is 6.44. The molecule has 0 spiro atoms. The van der Waals surface area contributed by atoms with Crippen molar-refractivity contribution in [2.24, 2.45) is 5.10 Å². The number of benzene rings is 2. The predicted molar refractivity (Wildman–Crippen MR) is 91.8 cm³/mol. The number of nitrogens with one attached hydrogen (secondary N) is 1. The summed E-state index contributed by atoms with van der Waals surface area (Å²) in [5.41, 5.74) is 1.11. The third kappa shape index (κ3) is 5.75. The van der Waals surface area contributed by atoms with Crippen LogP contribution in [0.5, 0.6) is 5.75 Å². The average molecular weight is 436 g/mol. The maximum Gasteiger partial charge on any atom is 0.417 e. The van der Waals surface area contributed by atoms with Crippen molar-refractivity contribution in [3.63, 3.8) is 0 Å². The Morgan fingerprint density at radius 3 is 2.68 bits per heavy atom. The molecule has 0 aliphatic heterocycles. The number of halogens is 5. The molecule has 25 heavy (non-hydrogen) atoms. The van der Waals surface area contributed by atoms with Crippen LogP contribution in [0, 0.1) is 0 Å². The van der Waals surface area contributed by atoms with Crippen molar-refractivity contribution in [3.05, 3.63) is 63.1 Å². The zero-order valence-electron chi connectivity index (χ0n) is 12.5. The van der Waals surface area contributed by atoms with Gasteiger partial charge in [-0.05, 0) is 40.2 Å². The van der Waals surface area contributed by atoms with Crippen LogP contribution in [0.4, 0.5) is 13.2 Å². The fraction of sp³-hybridized carbons (Fsp3) is 0.125.